The highest BCUT2D eigenvalue weighted by Crippen LogP contribution is 2.38. The van der Waals surface area contributed by atoms with Gasteiger partial charge in [-0.1, -0.05) is 17.3 Å². The number of nitrogens with zero attached hydrogens (tertiary/aromatic N) is 3. The van der Waals surface area contributed by atoms with Gasteiger partial charge in [-0.2, -0.15) is 0 Å². The third kappa shape index (κ3) is 2.97. The molecular weight excluding hydrogens is 202 g/mol. The minimum Gasteiger partial charge on any atom is -0.294 e. The van der Waals surface area contributed by atoms with Crippen molar-refractivity contribution < 1.29 is 4.79 Å². The van der Waals surface area contributed by atoms with E-state index in [-0.39, 0.29) is 11.2 Å². The van der Waals surface area contributed by atoms with Gasteiger partial charge in [0.2, 0.25) is 0 Å². The molecule has 0 fully saturated rings. The van der Waals surface area contributed by atoms with Crippen LogP contribution in [0.25, 0.3) is 10.4 Å². The average Bonchev–Trinajstić information content (AvgIpc) is 2.29. The lowest BCUT2D eigenvalue weighted by Crippen LogP contribution is -2.31. The monoisotopic (exact) mass is 219 g/mol. The van der Waals surface area contributed by atoms with Crippen LogP contribution in [0.5, 0.6) is 0 Å². The Morgan fingerprint density at radius 1 is 1.69 bits per heavy atom. The summed E-state index contributed by atoms with van der Waals surface area (Å²) >= 11 is 0. The molecule has 0 bridgehead atoms. The molecule has 0 aromatic heterocycles. The Bertz CT molecular complexity index is 342. The molecule has 16 heavy (non-hydrogen) atoms. The molecule has 1 aliphatic rings. The average molecular weight is 219 g/mol. The highest BCUT2D eigenvalue weighted by atomic mass is 16.1. The number of hydrogen-bond acceptors (Lipinski definition) is 2. The summed E-state index contributed by atoms with van der Waals surface area (Å²) in [5, 5.41) is 3.50. The lowest BCUT2D eigenvalue weighted by atomic mass is 9.70. The van der Waals surface area contributed by atoms with Gasteiger partial charge in [0, 0.05) is 16.9 Å². The second-order valence-electron chi connectivity index (χ2n) is 4.14. The molecule has 0 saturated carbocycles. The van der Waals surface area contributed by atoms with Crippen molar-refractivity contribution in [3.8, 4) is 0 Å². The fourth-order valence-electron chi connectivity index (χ4n) is 2.21. The summed E-state index contributed by atoms with van der Waals surface area (Å²) in [6.45, 7) is 4.19. The van der Waals surface area contributed by atoms with E-state index >= 15 is 0 Å². The van der Waals surface area contributed by atoms with Gasteiger partial charge < -0.3 is 0 Å². The van der Waals surface area contributed by atoms with Crippen molar-refractivity contribution in [3.05, 3.63) is 35.2 Å². The first-order valence-corrected chi connectivity index (χ1v) is 5.58. The Morgan fingerprint density at radius 3 is 3.12 bits per heavy atom. The van der Waals surface area contributed by atoms with E-state index in [0.29, 0.717) is 13.0 Å². The van der Waals surface area contributed by atoms with Crippen molar-refractivity contribution in [2.45, 2.75) is 32.1 Å². The molecule has 0 aromatic carbocycles. The third-order valence-corrected chi connectivity index (χ3v) is 3.09. The minimum atomic E-state index is -0.290. The van der Waals surface area contributed by atoms with Crippen LogP contribution in [0.3, 0.4) is 0 Å². The van der Waals surface area contributed by atoms with E-state index in [4.69, 9.17) is 5.53 Å². The molecule has 0 N–H and O–H groups in total. The molecule has 0 radical (unpaired) electrons. The molecule has 1 aliphatic carbocycles. The Morgan fingerprint density at radius 2 is 2.50 bits per heavy atom. The second kappa shape index (κ2) is 6.13. The zero-order valence-electron chi connectivity index (χ0n) is 9.43. The minimum absolute atomic E-state index is 0.194. The van der Waals surface area contributed by atoms with Crippen molar-refractivity contribution in [2.24, 2.45) is 10.5 Å². The van der Waals surface area contributed by atoms with Crippen LogP contribution >= 0.6 is 0 Å². The molecule has 86 valence electrons. The van der Waals surface area contributed by atoms with Crippen molar-refractivity contribution in [2.75, 3.05) is 6.54 Å². The summed E-state index contributed by atoms with van der Waals surface area (Å²) in [6.07, 6.45) is 9.50. The van der Waals surface area contributed by atoms with Gasteiger partial charge >= 0.3 is 0 Å². The van der Waals surface area contributed by atoms with Crippen LogP contribution in [0, 0.1) is 5.41 Å². The molecule has 1 rings (SSSR count). The molecule has 0 amide bonds. The maximum atomic E-state index is 11.9. The molecule has 0 unspecified atom stereocenters. The van der Waals surface area contributed by atoms with E-state index in [2.05, 4.69) is 16.6 Å². The van der Waals surface area contributed by atoms with Crippen LogP contribution in [0.1, 0.15) is 32.1 Å². The van der Waals surface area contributed by atoms with E-state index in [0.717, 1.165) is 25.7 Å². The molecule has 1 atom stereocenters. The van der Waals surface area contributed by atoms with Crippen molar-refractivity contribution in [1.82, 2.24) is 0 Å². The van der Waals surface area contributed by atoms with E-state index in [1.165, 1.54) is 0 Å². The van der Waals surface area contributed by atoms with Crippen molar-refractivity contribution in [1.29, 1.82) is 0 Å². The molecule has 0 saturated heterocycles. The summed E-state index contributed by atoms with van der Waals surface area (Å²) in [5.41, 5.74) is 7.90. The smallest absolute Gasteiger partial charge is 0.161 e. The fraction of sp³-hybridized carbons (Fsp3) is 0.583. The molecule has 4 nitrogen and oxygen atoms in total. The van der Waals surface area contributed by atoms with E-state index in [1.54, 1.807) is 6.08 Å². The Balaban J connectivity index is 2.64. The number of rotatable bonds is 6. The second-order valence-corrected chi connectivity index (χ2v) is 4.14. The van der Waals surface area contributed by atoms with Gasteiger partial charge in [-0.05, 0) is 43.7 Å². The number of hydrogen-bond donors (Lipinski definition) is 0. The van der Waals surface area contributed by atoms with Crippen LogP contribution in [0.2, 0.25) is 0 Å². The van der Waals surface area contributed by atoms with E-state index in [9.17, 15) is 4.79 Å². The fourth-order valence-corrected chi connectivity index (χ4v) is 2.21. The van der Waals surface area contributed by atoms with Crippen LogP contribution < -0.4 is 0 Å². The van der Waals surface area contributed by atoms with Crippen LogP contribution in [0.15, 0.2) is 29.9 Å². The summed E-state index contributed by atoms with van der Waals surface area (Å²) < 4.78 is 0. The molecule has 0 spiro atoms. The Kier molecular flexibility index (Phi) is 4.80. The molecule has 4 heteroatoms. The highest BCUT2D eigenvalue weighted by Gasteiger charge is 2.35. The zero-order valence-corrected chi connectivity index (χ0v) is 9.43. The van der Waals surface area contributed by atoms with Gasteiger partial charge in [-0.3, -0.25) is 4.79 Å². The summed E-state index contributed by atoms with van der Waals surface area (Å²) in [7, 11) is 0. The Hall–Kier alpha value is -1.54. The van der Waals surface area contributed by atoms with E-state index < -0.39 is 0 Å². The van der Waals surface area contributed by atoms with Gasteiger partial charge in [-0.15, -0.1) is 6.58 Å². The molecule has 0 aromatic rings. The first-order chi connectivity index (χ1) is 7.75. The molecule has 0 aliphatic heterocycles. The highest BCUT2D eigenvalue weighted by molar-refractivity contribution is 5.95. The van der Waals surface area contributed by atoms with Crippen LogP contribution in [0.4, 0.5) is 0 Å². The molecule has 0 heterocycles. The van der Waals surface area contributed by atoms with Gasteiger partial charge in [0.1, 0.15) is 0 Å². The maximum Gasteiger partial charge on any atom is 0.161 e. The largest absolute Gasteiger partial charge is 0.294 e. The lowest BCUT2D eigenvalue weighted by molar-refractivity contribution is -0.125. The predicted molar refractivity (Wildman–Crippen MR) is 63.9 cm³/mol. The normalized spacial score (nSPS) is 23.9. The third-order valence-electron chi connectivity index (χ3n) is 3.09. The van der Waals surface area contributed by atoms with Crippen LogP contribution in [-0.2, 0) is 4.79 Å². The molecular formula is C12H17N3O. The standard InChI is InChI=1S/C12H17N3O/c1-2-7-12(9-5-10-14-15-13)8-4-3-6-11(12)16/h2-3,6H,1,4-5,7-10H2/t12-/m1/s1. The van der Waals surface area contributed by atoms with Crippen molar-refractivity contribution in [3.63, 3.8) is 0 Å². The van der Waals surface area contributed by atoms with Gasteiger partial charge in [0.05, 0.1) is 0 Å². The topological polar surface area (TPSA) is 65.8 Å². The Labute approximate surface area is 95.7 Å². The number of allylic oxidation sites excluding steroid dienone is 3. The van der Waals surface area contributed by atoms with Crippen LogP contribution in [-0.4, -0.2) is 12.3 Å². The van der Waals surface area contributed by atoms with E-state index in [1.807, 2.05) is 12.2 Å². The van der Waals surface area contributed by atoms with Gasteiger partial charge in [-0.25, -0.2) is 0 Å². The predicted octanol–water partition coefficient (Wildman–Crippen LogP) is 3.56. The summed E-state index contributed by atoms with van der Waals surface area (Å²) in [6, 6.07) is 0. The van der Waals surface area contributed by atoms with Gasteiger partial charge in [0.25, 0.3) is 0 Å². The quantitative estimate of drug-likeness (QED) is 0.221. The van der Waals surface area contributed by atoms with Crippen molar-refractivity contribution >= 4 is 5.78 Å². The number of carbonyl (C=O) groups is 1. The van der Waals surface area contributed by atoms with Gasteiger partial charge in [0.15, 0.2) is 5.78 Å². The SMILES string of the molecule is C=CC[C@]1(CCCN=[N+]=[N-])CCC=CC1=O. The first kappa shape index (κ1) is 12.5. The first-order valence-electron chi connectivity index (χ1n) is 5.58. The number of azide groups is 1. The summed E-state index contributed by atoms with van der Waals surface area (Å²) in [4.78, 5) is 14.6. The lowest BCUT2D eigenvalue weighted by Gasteiger charge is -2.32. The number of carbonyl (C=O) groups excluding carboxylic acids is 1. The maximum absolute atomic E-state index is 11.9. The number of ketones is 1. The zero-order chi connectivity index (χ0) is 11.9. The summed E-state index contributed by atoms with van der Waals surface area (Å²) in [5.74, 6) is 0.194.